The summed E-state index contributed by atoms with van der Waals surface area (Å²) in [5.41, 5.74) is 3.78. The van der Waals surface area contributed by atoms with Crippen LogP contribution >= 0.6 is 0 Å². The second-order valence-corrected chi connectivity index (χ2v) is 8.87. The number of nitrogens with one attached hydrogen (secondary N) is 1. The molecule has 3 aromatic rings. The van der Waals surface area contributed by atoms with Gasteiger partial charge in [0, 0.05) is 25.7 Å². The molecule has 0 saturated heterocycles. The monoisotopic (exact) mass is 430 g/mol. The van der Waals surface area contributed by atoms with E-state index in [2.05, 4.69) is 109 Å². The number of aliphatic hydroxyl groups excluding tert-OH is 1. The van der Waals surface area contributed by atoms with Gasteiger partial charge in [-0.25, -0.2) is 0 Å². The minimum absolute atomic E-state index is 0.00208. The first kappa shape index (κ1) is 24.2. The molecule has 0 radical (unpaired) electrons. The van der Waals surface area contributed by atoms with Crippen LogP contribution in [0.25, 0.3) is 0 Å². The second-order valence-electron chi connectivity index (χ2n) is 8.87. The summed E-state index contributed by atoms with van der Waals surface area (Å²) in [5.74, 6) is 0.611. The molecule has 170 valence electrons. The van der Waals surface area contributed by atoms with Gasteiger partial charge in [0.05, 0.1) is 6.10 Å². The van der Waals surface area contributed by atoms with Crippen LogP contribution in [-0.4, -0.2) is 35.2 Å². The maximum absolute atomic E-state index is 11.4. The number of aliphatic hydroxyl groups is 1. The molecule has 3 atom stereocenters. The lowest BCUT2D eigenvalue weighted by Gasteiger charge is -2.36. The zero-order chi connectivity index (χ0) is 22.6. The highest BCUT2D eigenvalue weighted by Crippen LogP contribution is 2.19. The van der Waals surface area contributed by atoms with Gasteiger partial charge < -0.3 is 10.4 Å². The molecule has 0 aliphatic carbocycles. The van der Waals surface area contributed by atoms with Crippen LogP contribution in [0.5, 0.6) is 0 Å². The Morgan fingerprint density at radius 2 is 1.19 bits per heavy atom. The Morgan fingerprint density at radius 1 is 0.719 bits per heavy atom. The Kier molecular flexibility index (Phi) is 9.96. The lowest BCUT2D eigenvalue weighted by atomic mass is 9.97. The van der Waals surface area contributed by atoms with Crippen LogP contribution in [0.2, 0.25) is 0 Å². The van der Waals surface area contributed by atoms with Gasteiger partial charge in [0.1, 0.15) is 0 Å². The van der Waals surface area contributed by atoms with Crippen molar-refractivity contribution >= 4 is 0 Å². The van der Waals surface area contributed by atoms with Gasteiger partial charge in [0.15, 0.2) is 0 Å². The van der Waals surface area contributed by atoms with Crippen LogP contribution in [0.4, 0.5) is 0 Å². The summed E-state index contributed by atoms with van der Waals surface area (Å²) < 4.78 is 0. The van der Waals surface area contributed by atoms with E-state index in [4.69, 9.17) is 0 Å². The van der Waals surface area contributed by atoms with E-state index >= 15 is 0 Å². The molecule has 0 bridgehead atoms. The first-order valence-electron chi connectivity index (χ1n) is 11.9. The quantitative estimate of drug-likeness (QED) is 0.386. The predicted octanol–water partition coefficient (Wildman–Crippen LogP) is 5.30. The minimum atomic E-state index is -0.466. The summed E-state index contributed by atoms with van der Waals surface area (Å²) in [7, 11) is 0. The molecule has 0 aliphatic heterocycles. The number of rotatable bonds is 13. The lowest BCUT2D eigenvalue weighted by Crippen LogP contribution is -2.48. The first-order valence-corrected chi connectivity index (χ1v) is 11.9. The van der Waals surface area contributed by atoms with Gasteiger partial charge in [-0.05, 0) is 35.6 Å². The molecule has 3 rings (SSSR count). The fourth-order valence-corrected chi connectivity index (χ4v) is 4.05. The van der Waals surface area contributed by atoms with Crippen molar-refractivity contribution in [3.05, 3.63) is 108 Å². The number of nitrogens with zero attached hydrogens (tertiary/aromatic N) is 1. The molecule has 0 heterocycles. The molecule has 3 nitrogen and oxygen atoms in total. The van der Waals surface area contributed by atoms with E-state index in [-0.39, 0.29) is 6.04 Å². The van der Waals surface area contributed by atoms with Crippen LogP contribution in [-0.2, 0) is 19.5 Å². The van der Waals surface area contributed by atoms with Crippen molar-refractivity contribution in [3.8, 4) is 0 Å². The number of benzene rings is 3. The smallest absolute Gasteiger partial charge is 0.0822 e. The highest BCUT2D eigenvalue weighted by molar-refractivity contribution is 5.20. The normalized spacial score (nSPS) is 14.2. The van der Waals surface area contributed by atoms with Gasteiger partial charge in [-0.1, -0.05) is 111 Å². The van der Waals surface area contributed by atoms with Crippen LogP contribution in [0.15, 0.2) is 91.0 Å². The highest BCUT2D eigenvalue weighted by Gasteiger charge is 2.27. The minimum Gasteiger partial charge on any atom is -0.390 e. The van der Waals surface area contributed by atoms with E-state index in [9.17, 15) is 5.11 Å². The Balaban J connectivity index is 1.83. The molecule has 0 fully saturated rings. The van der Waals surface area contributed by atoms with Crippen molar-refractivity contribution in [2.45, 2.75) is 51.9 Å². The average Bonchev–Trinajstić information content (AvgIpc) is 2.84. The van der Waals surface area contributed by atoms with Crippen molar-refractivity contribution in [2.75, 3.05) is 13.1 Å². The summed E-state index contributed by atoms with van der Waals surface area (Å²) >= 11 is 0. The van der Waals surface area contributed by atoms with Crippen LogP contribution in [0, 0.1) is 5.92 Å². The third-order valence-corrected chi connectivity index (χ3v) is 6.20. The maximum Gasteiger partial charge on any atom is 0.0822 e. The molecule has 3 aromatic carbocycles. The molecule has 0 spiro atoms. The molecule has 0 aromatic heterocycles. The van der Waals surface area contributed by atoms with Crippen molar-refractivity contribution in [2.24, 2.45) is 5.92 Å². The number of hydrogen-bond acceptors (Lipinski definition) is 3. The zero-order valence-electron chi connectivity index (χ0n) is 19.5. The highest BCUT2D eigenvalue weighted by atomic mass is 16.3. The van der Waals surface area contributed by atoms with Crippen molar-refractivity contribution in [1.82, 2.24) is 10.2 Å². The lowest BCUT2D eigenvalue weighted by molar-refractivity contribution is 0.0389. The van der Waals surface area contributed by atoms with Crippen LogP contribution < -0.4 is 5.32 Å². The van der Waals surface area contributed by atoms with E-state index in [1.165, 1.54) is 16.7 Å². The predicted molar refractivity (Wildman–Crippen MR) is 134 cm³/mol. The Bertz CT molecular complexity index is 828. The van der Waals surface area contributed by atoms with E-state index in [1.54, 1.807) is 0 Å². The third kappa shape index (κ3) is 7.90. The van der Waals surface area contributed by atoms with E-state index < -0.39 is 6.10 Å². The Morgan fingerprint density at radius 3 is 1.66 bits per heavy atom. The van der Waals surface area contributed by atoms with Crippen molar-refractivity contribution in [3.63, 3.8) is 0 Å². The summed E-state index contributed by atoms with van der Waals surface area (Å²) in [6.45, 7) is 7.59. The van der Waals surface area contributed by atoms with Crippen molar-refractivity contribution in [1.29, 1.82) is 0 Å². The van der Waals surface area contributed by atoms with Crippen LogP contribution in [0.1, 0.15) is 37.0 Å². The van der Waals surface area contributed by atoms with Crippen LogP contribution in [0.3, 0.4) is 0 Å². The topological polar surface area (TPSA) is 35.5 Å². The van der Waals surface area contributed by atoms with E-state index in [0.29, 0.717) is 12.5 Å². The molecule has 0 aliphatic rings. The Labute approximate surface area is 194 Å². The number of hydrogen-bond donors (Lipinski definition) is 2. The summed E-state index contributed by atoms with van der Waals surface area (Å²) in [4.78, 5) is 2.44. The average molecular weight is 431 g/mol. The molecule has 1 unspecified atom stereocenters. The molecule has 2 N–H and O–H groups in total. The summed E-state index contributed by atoms with van der Waals surface area (Å²) in [5, 5.41) is 14.9. The first-order chi connectivity index (χ1) is 15.7. The molecule has 3 heteroatoms. The van der Waals surface area contributed by atoms with Gasteiger partial charge in [0.2, 0.25) is 0 Å². The van der Waals surface area contributed by atoms with Crippen molar-refractivity contribution < 1.29 is 5.11 Å². The zero-order valence-corrected chi connectivity index (χ0v) is 19.5. The largest absolute Gasteiger partial charge is 0.390 e. The molecule has 0 amide bonds. The molecule has 32 heavy (non-hydrogen) atoms. The van der Waals surface area contributed by atoms with E-state index in [1.807, 2.05) is 6.07 Å². The fraction of sp³-hybridized carbons (Fsp3) is 0.379. The SMILES string of the molecule is CCC(C)CNC[C@@H](O)[C@H](Cc1ccccc1)N(Cc1ccccc1)Cc1ccccc1. The second kappa shape index (κ2) is 13.2. The standard InChI is InChI=1S/C29H38N2O/c1-3-24(2)20-30-21-29(32)28(19-25-13-7-4-8-14-25)31(22-26-15-9-5-10-16-26)23-27-17-11-6-12-18-27/h4-18,24,28-30,32H,3,19-23H2,1-2H3/t24?,28-,29+/m0/s1. The van der Waals surface area contributed by atoms with Gasteiger partial charge in [-0.3, -0.25) is 4.90 Å². The Hall–Kier alpha value is -2.46. The molecule has 0 saturated carbocycles. The van der Waals surface area contributed by atoms with Gasteiger partial charge >= 0.3 is 0 Å². The van der Waals surface area contributed by atoms with E-state index in [0.717, 1.165) is 32.5 Å². The maximum atomic E-state index is 11.4. The fourth-order valence-electron chi connectivity index (χ4n) is 4.05. The molecular formula is C29H38N2O. The van der Waals surface area contributed by atoms with Gasteiger partial charge in [0.25, 0.3) is 0 Å². The third-order valence-electron chi connectivity index (χ3n) is 6.20. The van der Waals surface area contributed by atoms with Gasteiger partial charge in [-0.2, -0.15) is 0 Å². The summed E-state index contributed by atoms with van der Waals surface area (Å²) in [6, 6.07) is 31.7. The summed E-state index contributed by atoms with van der Waals surface area (Å²) in [6.07, 6.45) is 1.49. The molecular weight excluding hydrogens is 392 g/mol. The van der Waals surface area contributed by atoms with Gasteiger partial charge in [-0.15, -0.1) is 0 Å².